The molecule has 0 N–H and O–H groups in total. The molecule has 0 aliphatic heterocycles. The van der Waals surface area contributed by atoms with Gasteiger partial charge >= 0.3 is 0 Å². The van der Waals surface area contributed by atoms with E-state index in [1.54, 1.807) is 6.07 Å². The minimum absolute atomic E-state index is 0.157. The molecule has 1 fully saturated rings. The number of nitrogens with zero attached hydrogens (tertiary/aromatic N) is 1. The molecule has 0 radical (unpaired) electrons. The van der Waals surface area contributed by atoms with Crippen LogP contribution >= 0.6 is 0 Å². The van der Waals surface area contributed by atoms with E-state index in [2.05, 4.69) is 24.9 Å². The first-order valence-electron chi connectivity index (χ1n) is 12.0. The lowest BCUT2D eigenvalue weighted by Crippen LogP contribution is -2.13. The molecule has 2 aromatic rings. The second kappa shape index (κ2) is 11.5. The summed E-state index contributed by atoms with van der Waals surface area (Å²) in [4.78, 5) is 4.62. The molecule has 29 heavy (non-hydrogen) atoms. The van der Waals surface area contributed by atoms with Crippen LogP contribution < -0.4 is 0 Å². The highest BCUT2D eigenvalue weighted by molar-refractivity contribution is 5.60. The number of unbranched alkanes of at least 4 members (excludes halogenated alkanes) is 4. The number of aromatic nitrogens is 1. The van der Waals surface area contributed by atoms with E-state index >= 15 is 0 Å². The summed E-state index contributed by atoms with van der Waals surface area (Å²) in [7, 11) is 0. The van der Waals surface area contributed by atoms with Crippen molar-refractivity contribution in [2.24, 2.45) is 5.92 Å². The summed E-state index contributed by atoms with van der Waals surface area (Å²) in [6, 6.07) is 9.76. The highest BCUT2D eigenvalue weighted by atomic mass is 19.1. The van der Waals surface area contributed by atoms with Gasteiger partial charge in [0.15, 0.2) is 0 Å². The molecular weight excluding hydrogens is 357 g/mol. The molecule has 1 aromatic carbocycles. The van der Waals surface area contributed by atoms with E-state index in [4.69, 9.17) is 0 Å². The molecule has 1 heterocycles. The van der Waals surface area contributed by atoms with Crippen molar-refractivity contribution in [1.29, 1.82) is 0 Å². The van der Waals surface area contributed by atoms with Gasteiger partial charge in [0.05, 0.1) is 5.69 Å². The second-order valence-corrected chi connectivity index (χ2v) is 8.96. The Morgan fingerprint density at radius 1 is 0.897 bits per heavy atom. The Morgan fingerprint density at radius 3 is 2.34 bits per heavy atom. The van der Waals surface area contributed by atoms with E-state index < -0.39 is 0 Å². The molecule has 1 aromatic heterocycles. The largest absolute Gasteiger partial charge is 0.256 e. The Kier molecular flexibility index (Phi) is 8.70. The van der Waals surface area contributed by atoms with Gasteiger partial charge in [-0.15, -0.1) is 0 Å². The van der Waals surface area contributed by atoms with E-state index in [-0.39, 0.29) is 5.82 Å². The Labute approximate surface area is 177 Å². The van der Waals surface area contributed by atoms with Crippen LogP contribution in [0.5, 0.6) is 0 Å². The second-order valence-electron chi connectivity index (χ2n) is 8.96. The maximum atomic E-state index is 14.5. The fourth-order valence-electron chi connectivity index (χ4n) is 4.84. The number of hydrogen-bond donors (Lipinski definition) is 0. The summed E-state index contributed by atoms with van der Waals surface area (Å²) in [5.74, 6) is 1.40. The maximum absolute atomic E-state index is 14.5. The van der Waals surface area contributed by atoms with E-state index in [1.807, 2.05) is 24.4 Å². The smallest absolute Gasteiger partial charge is 0.132 e. The predicted octanol–water partition coefficient (Wildman–Crippen LogP) is 8.47. The van der Waals surface area contributed by atoms with Crippen molar-refractivity contribution < 1.29 is 4.39 Å². The first-order chi connectivity index (χ1) is 14.2. The maximum Gasteiger partial charge on any atom is 0.132 e. The fraction of sp³-hybridized carbons (Fsp3) is 0.593. The molecule has 0 spiro atoms. The lowest BCUT2D eigenvalue weighted by Gasteiger charge is -2.28. The van der Waals surface area contributed by atoms with Crippen LogP contribution in [0, 0.1) is 11.7 Å². The molecular formula is C27H38FN. The topological polar surface area (TPSA) is 12.9 Å². The van der Waals surface area contributed by atoms with Crippen molar-refractivity contribution in [2.75, 3.05) is 0 Å². The van der Waals surface area contributed by atoms with Gasteiger partial charge in [0.25, 0.3) is 0 Å². The fourth-order valence-corrected chi connectivity index (χ4v) is 4.84. The molecule has 0 saturated heterocycles. The Hall–Kier alpha value is -1.70. The van der Waals surface area contributed by atoms with Gasteiger partial charge in [0.1, 0.15) is 5.82 Å². The number of rotatable bonds is 10. The van der Waals surface area contributed by atoms with Crippen molar-refractivity contribution in [2.45, 2.75) is 96.8 Å². The van der Waals surface area contributed by atoms with Crippen LogP contribution in [0.3, 0.4) is 0 Å². The van der Waals surface area contributed by atoms with Crippen molar-refractivity contribution in [1.82, 2.24) is 4.98 Å². The molecule has 1 aliphatic carbocycles. The lowest BCUT2D eigenvalue weighted by atomic mass is 9.77. The van der Waals surface area contributed by atoms with Crippen LogP contribution in [0.2, 0.25) is 0 Å². The highest BCUT2D eigenvalue weighted by Gasteiger charge is 2.22. The summed E-state index contributed by atoms with van der Waals surface area (Å²) in [5.41, 5.74) is 3.75. The van der Waals surface area contributed by atoms with Gasteiger partial charge in [-0.25, -0.2) is 4.39 Å². The standard InChI is InChI=1S/C27H38FN/c1-3-5-6-7-8-10-21-11-14-23(15-12-21)24-16-18-27(29-20-24)25-17-13-22(9-4-2)19-26(25)28/h13,16-21,23H,3-12,14-15H2,1-2H3/t21-,23-. The Bertz CT molecular complexity index is 729. The third kappa shape index (κ3) is 6.39. The minimum atomic E-state index is -0.157. The van der Waals surface area contributed by atoms with Crippen LogP contribution in [0.4, 0.5) is 4.39 Å². The van der Waals surface area contributed by atoms with Gasteiger partial charge < -0.3 is 0 Å². The van der Waals surface area contributed by atoms with Crippen LogP contribution in [-0.4, -0.2) is 4.98 Å². The van der Waals surface area contributed by atoms with E-state index in [0.717, 1.165) is 30.0 Å². The normalized spacial score (nSPS) is 19.4. The van der Waals surface area contributed by atoms with Gasteiger partial charge in [0, 0.05) is 11.8 Å². The molecule has 0 amide bonds. The predicted molar refractivity (Wildman–Crippen MR) is 122 cm³/mol. The molecule has 1 aliphatic rings. The van der Waals surface area contributed by atoms with Crippen molar-refractivity contribution in [3.8, 4) is 11.3 Å². The van der Waals surface area contributed by atoms with E-state index in [0.29, 0.717) is 11.5 Å². The lowest BCUT2D eigenvalue weighted by molar-refractivity contribution is 0.301. The zero-order valence-corrected chi connectivity index (χ0v) is 18.4. The number of hydrogen-bond acceptors (Lipinski definition) is 1. The van der Waals surface area contributed by atoms with Gasteiger partial charge in [-0.05, 0) is 73.3 Å². The van der Waals surface area contributed by atoms with Crippen molar-refractivity contribution in [3.63, 3.8) is 0 Å². The van der Waals surface area contributed by atoms with Crippen LogP contribution in [0.25, 0.3) is 11.3 Å². The highest BCUT2D eigenvalue weighted by Crippen LogP contribution is 2.38. The third-order valence-corrected chi connectivity index (χ3v) is 6.67. The quantitative estimate of drug-likeness (QED) is 0.368. The van der Waals surface area contributed by atoms with Crippen LogP contribution in [-0.2, 0) is 6.42 Å². The summed E-state index contributed by atoms with van der Waals surface area (Å²) in [5, 5.41) is 0. The number of halogens is 1. The molecule has 0 unspecified atom stereocenters. The number of benzene rings is 1. The number of aryl methyl sites for hydroxylation is 1. The van der Waals surface area contributed by atoms with E-state index in [9.17, 15) is 4.39 Å². The first-order valence-corrected chi connectivity index (χ1v) is 12.0. The van der Waals surface area contributed by atoms with Gasteiger partial charge in [-0.1, -0.05) is 70.9 Å². The molecule has 0 bridgehead atoms. The van der Waals surface area contributed by atoms with Gasteiger partial charge in [-0.2, -0.15) is 0 Å². The van der Waals surface area contributed by atoms with Crippen molar-refractivity contribution >= 4 is 0 Å². The monoisotopic (exact) mass is 395 g/mol. The summed E-state index contributed by atoms with van der Waals surface area (Å²) in [6.07, 6.45) is 17.6. The average Bonchev–Trinajstić information content (AvgIpc) is 2.75. The molecule has 1 saturated carbocycles. The van der Waals surface area contributed by atoms with E-state index in [1.165, 1.54) is 69.8 Å². The van der Waals surface area contributed by atoms with Crippen molar-refractivity contribution in [3.05, 3.63) is 53.5 Å². The first kappa shape index (κ1) is 22.0. The molecule has 2 heteroatoms. The zero-order valence-electron chi connectivity index (χ0n) is 18.4. The Balaban J connectivity index is 1.51. The Morgan fingerprint density at radius 2 is 1.69 bits per heavy atom. The zero-order chi connectivity index (χ0) is 20.5. The minimum Gasteiger partial charge on any atom is -0.256 e. The summed E-state index contributed by atoms with van der Waals surface area (Å²) >= 11 is 0. The van der Waals surface area contributed by atoms with Gasteiger partial charge in [0.2, 0.25) is 0 Å². The third-order valence-electron chi connectivity index (χ3n) is 6.67. The molecule has 0 atom stereocenters. The van der Waals surface area contributed by atoms with Crippen LogP contribution in [0.1, 0.15) is 102 Å². The summed E-state index contributed by atoms with van der Waals surface area (Å²) in [6.45, 7) is 4.40. The van der Waals surface area contributed by atoms with Crippen LogP contribution in [0.15, 0.2) is 36.5 Å². The molecule has 3 rings (SSSR count). The SMILES string of the molecule is CCCCCCC[C@H]1CC[C@H](c2ccc(-c3ccc(CCC)cc3F)nc2)CC1. The molecule has 158 valence electrons. The molecule has 1 nitrogen and oxygen atoms in total. The van der Waals surface area contributed by atoms with Gasteiger partial charge in [-0.3, -0.25) is 4.98 Å². The average molecular weight is 396 g/mol. The number of pyridine rings is 1. The summed E-state index contributed by atoms with van der Waals surface area (Å²) < 4.78 is 14.5.